The van der Waals surface area contributed by atoms with E-state index in [0.29, 0.717) is 28.7 Å². The van der Waals surface area contributed by atoms with Crippen molar-refractivity contribution in [3.8, 4) is 0 Å². The zero-order chi connectivity index (χ0) is 13.5. The highest BCUT2D eigenvalue weighted by Crippen LogP contribution is 2.21. The Hall–Kier alpha value is -1.22. The van der Waals surface area contributed by atoms with Gasteiger partial charge < -0.3 is 11.1 Å². The number of hydrogen-bond acceptors (Lipinski definition) is 2. The van der Waals surface area contributed by atoms with Crippen molar-refractivity contribution in [2.75, 3.05) is 12.3 Å². The molecule has 0 heterocycles. The number of anilines is 1. The van der Waals surface area contributed by atoms with Gasteiger partial charge in [0.25, 0.3) is 5.91 Å². The molecule has 1 aromatic rings. The molecule has 3 N–H and O–H groups in total. The fraction of sp³-hybridized carbons (Fsp3) is 0.500. The van der Waals surface area contributed by atoms with E-state index in [0.717, 1.165) is 12.8 Å². The number of halogens is 1. The molecule has 0 fully saturated rings. The number of carbonyl (C=O) groups is 1. The maximum absolute atomic E-state index is 11.9. The molecule has 0 saturated carbocycles. The standard InChI is InChI=1S/C14H21ClN2O/c1-10(2)6-3-4-9-17-14(18)13-11(15)7-5-8-12(13)16/h5,7-8,10H,3-4,6,9,16H2,1-2H3,(H,17,18). The van der Waals surface area contributed by atoms with Crippen LogP contribution < -0.4 is 11.1 Å². The normalized spacial score (nSPS) is 10.7. The highest BCUT2D eigenvalue weighted by molar-refractivity contribution is 6.34. The van der Waals surface area contributed by atoms with Crippen molar-refractivity contribution in [2.45, 2.75) is 33.1 Å². The average molecular weight is 269 g/mol. The largest absolute Gasteiger partial charge is 0.398 e. The summed E-state index contributed by atoms with van der Waals surface area (Å²) in [5.74, 6) is 0.516. The Labute approximate surface area is 114 Å². The van der Waals surface area contributed by atoms with E-state index in [9.17, 15) is 4.79 Å². The molecule has 1 rings (SSSR count). The number of amides is 1. The molecule has 0 spiro atoms. The summed E-state index contributed by atoms with van der Waals surface area (Å²) in [7, 11) is 0. The van der Waals surface area contributed by atoms with Crippen LogP contribution in [0.2, 0.25) is 5.02 Å². The molecule has 1 aromatic carbocycles. The Bertz CT molecular complexity index is 385. The molecule has 0 saturated heterocycles. The van der Waals surface area contributed by atoms with Crippen molar-refractivity contribution in [3.05, 3.63) is 28.8 Å². The predicted octanol–water partition coefficient (Wildman–Crippen LogP) is 3.48. The summed E-state index contributed by atoms with van der Waals surface area (Å²) < 4.78 is 0. The third kappa shape index (κ3) is 4.57. The maximum atomic E-state index is 11.9. The van der Waals surface area contributed by atoms with E-state index in [1.807, 2.05) is 0 Å². The summed E-state index contributed by atoms with van der Waals surface area (Å²) in [6.07, 6.45) is 3.29. The number of nitrogens with one attached hydrogen (secondary N) is 1. The van der Waals surface area contributed by atoms with E-state index in [-0.39, 0.29) is 5.91 Å². The number of carbonyl (C=O) groups excluding carboxylic acids is 1. The van der Waals surface area contributed by atoms with Gasteiger partial charge in [0.1, 0.15) is 0 Å². The second kappa shape index (κ2) is 7.27. The summed E-state index contributed by atoms with van der Waals surface area (Å²) in [4.78, 5) is 11.9. The molecule has 4 heteroatoms. The number of rotatable bonds is 6. The fourth-order valence-corrected chi connectivity index (χ4v) is 2.02. The van der Waals surface area contributed by atoms with Crippen molar-refractivity contribution in [1.82, 2.24) is 5.32 Å². The van der Waals surface area contributed by atoms with Crippen molar-refractivity contribution in [3.63, 3.8) is 0 Å². The molecule has 0 unspecified atom stereocenters. The monoisotopic (exact) mass is 268 g/mol. The lowest BCUT2D eigenvalue weighted by Crippen LogP contribution is -2.25. The molecule has 0 atom stereocenters. The number of unbranched alkanes of at least 4 members (excludes halogenated alkanes) is 1. The van der Waals surface area contributed by atoms with E-state index in [2.05, 4.69) is 19.2 Å². The summed E-state index contributed by atoms with van der Waals surface area (Å²) in [5.41, 5.74) is 6.54. The molecule has 3 nitrogen and oxygen atoms in total. The Balaban J connectivity index is 2.41. The minimum absolute atomic E-state index is 0.192. The minimum atomic E-state index is -0.192. The van der Waals surface area contributed by atoms with Crippen LogP contribution in [0.4, 0.5) is 5.69 Å². The van der Waals surface area contributed by atoms with Crippen molar-refractivity contribution in [1.29, 1.82) is 0 Å². The van der Waals surface area contributed by atoms with Crippen LogP contribution in [-0.2, 0) is 0 Å². The lowest BCUT2D eigenvalue weighted by atomic mass is 10.1. The third-order valence-electron chi connectivity index (χ3n) is 2.77. The molecule has 1 amide bonds. The highest BCUT2D eigenvalue weighted by Gasteiger charge is 2.12. The number of nitrogens with two attached hydrogens (primary N) is 1. The van der Waals surface area contributed by atoms with Crippen LogP contribution in [0.3, 0.4) is 0 Å². The number of nitrogen functional groups attached to an aromatic ring is 1. The first kappa shape index (κ1) is 14.8. The first-order valence-electron chi connectivity index (χ1n) is 6.34. The Morgan fingerprint density at radius 3 is 2.72 bits per heavy atom. The van der Waals surface area contributed by atoms with Gasteiger partial charge in [-0.1, -0.05) is 44.4 Å². The first-order valence-corrected chi connectivity index (χ1v) is 6.72. The van der Waals surface area contributed by atoms with Crippen LogP contribution in [-0.4, -0.2) is 12.5 Å². The van der Waals surface area contributed by atoms with Gasteiger partial charge in [0.2, 0.25) is 0 Å². The van der Waals surface area contributed by atoms with Gasteiger partial charge in [-0.2, -0.15) is 0 Å². The molecule has 0 aliphatic heterocycles. The van der Waals surface area contributed by atoms with Gasteiger partial charge in [-0.15, -0.1) is 0 Å². The smallest absolute Gasteiger partial charge is 0.254 e. The van der Waals surface area contributed by atoms with Gasteiger partial charge >= 0.3 is 0 Å². The van der Waals surface area contributed by atoms with Crippen LogP contribution >= 0.6 is 11.6 Å². The minimum Gasteiger partial charge on any atom is -0.398 e. The van der Waals surface area contributed by atoms with E-state index >= 15 is 0 Å². The van der Waals surface area contributed by atoms with Crippen molar-refractivity contribution >= 4 is 23.2 Å². The summed E-state index contributed by atoms with van der Waals surface area (Å²) in [5, 5.41) is 3.25. The molecule has 0 radical (unpaired) electrons. The molecule has 100 valence electrons. The van der Waals surface area contributed by atoms with E-state index < -0.39 is 0 Å². The highest BCUT2D eigenvalue weighted by atomic mass is 35.5. The van der Waals surface area contributed by atoms with Gasteiger partial charge in [-0.25, -0.2) is 0 Å². The van der Waals surface area contributed by atoms with Crippen LogP contribution in [0.15, 0.2) is 18.2 Å². The zero-order valence-electron chi connectivity index (χ0n) is 11.0. The van der Waals surface area contributed by atoms with Gasteiger partial charge in [-0.3, -0.25) is 4.79 Å². The van der Waals surface area contributed by atoms with Crippen LogP contribution in [0.5, 0.6) is 0 Å². The first-order chi connectivity index (χ1) is 8.52. The quantitative estimate of drug-likeness (QED) is 0.613. The summed E-state index contributed by atoms with van der Waals surface area (Å²) in [6.45, 7) is 5.06. The van der Waals surface area contributed by atoms with Gasteiger partial charge in [0, 0.05) is 12.2 Å². The van der Waals surface area contributed by atoms with Gasteiger partial charge in [-0.05, 0) is 24.5 Å². The second-order valence-corrected chi connectivity index (χ2v) is 5.26. The lowest BCUT2D eigenvalue weighted by molar-refractivity contribution is 0.0954. The van der Waals surface area contributed by atoms with E-state index in [1.165, 1.54) is 6.42 Å². The van der Waals surface area contributed by atoms with Crippen molar-refractivity contribution < 1.29 is 4.79 Å². The summed E-state index contributed by atoms with van der Waals surface area (Å²) in [6, 6.07) is 5.09. The molecule has 0 bridgehead atoms. The summed E-state index contributed by atoms with van der Waals surface area (Å²) >= 11 is 5.97. The van der Waals surface area contributed by atoms with E-state index in [1.54, 1.807) is 18.2 Å². The number of benzene rings is 1. The predicted molar refractivity (Wildman–Crippen MR) is 76.9 cm³/mol. The fourth-order valence-electron chi connectivity index (χ4n) is 1.75. The molecular formula is C14H21ClN2O. The van der Waals surface area contributed by atoms with E-state index in [4.69, 9.17) is 17.3 Å². The topological polar surface area (TPSA) is 55.1 Å². The lowest BCUT2D eigenvalue weighted by Gasteiger charge is -2.09. The van der Waals surface area contributed by atoms with Crippen LogP contribution in [0, 0.1) is 5.92 Å². The Morgan fingerprint density at radius 2 is 2.11 bits per heavy atom. The molecule has 0 aliphatic rings. The molecule has 0 aliphatic carbocycles. The maximum Gasteiger partial charge on any atom is 0.254 e. The third-order valence-corrected chi connectivity index (χ3v) is 3.08. The second-order valence-electron chi connectivity index (χ2n) is 4.85. The van der Waals surface area contributed by atoms with Crippen molar-refractivity contribution in [2.24, 2.45) is 5.92 Å². The number of hydrogen-bond donors (Lipinski definition) is 2. The van der Waals surface area contributed by atoms with Crippen LogP contribution in [0.1, 0.15) is 43.5 Å². The SMILES string of the molecule is CC(C)CCCCNC(=O)c1c(N)cccc1Cl. The van der Waals surface area contributed by atoms with Crippen LogP contribution in [0.25, 0.3) is 0 Å². The van der Waals surface area contributed by atoms with Gasteiger partial charge in [0.05, 0.1) is 10.6 Å². The zero-order valence-corrected chi connectivity index (χ0v) is 11.8. The Kier molecular flexibility index (Phi) is 5.99. The molecule has 0 aromatic heterocycles. The average Bonchev–Trinajstić information content (AvgIpc) is 2.27. The van der Waals surface area contributed by atoms with Gasteiger partial charge in [0.15, 0.2) is 0 Å². The molecular weight excluding hydrogens is 248 g/mol. The molecule has 18 heavy (non-hydrogen) atoms. The Morgan fingerprint density at radius 1 is 1.39 bits per heavy atom.